The zero-order valence-electron chi connectivity index (χ0n) is 13.8. The van der Waals surface area contributed by atoms with Crippen molar-refractivity contribution in [1.82, 2.24) is 0 Å². The zero-order valence-corrected chi connectivity index (χ0v) is 16.2. The van der Waals surface area contributed by atoms with Crippen LogP contribution in [0.3, 0.4) is 0 Å². The Labute approximate surface area is 158 Å². The largest absolute Gasteiger partial charge is 0.465 e. The first-order valence-corrected chi connectivity index (χ1v) is 9.42. The second-order valence-corrected chi connectivity index (χ2v) is 7.30. The number of carbonyl (C=O) groups excluding carboxylic acids is 2. The number of hydrogen-bond acceptors (Lipinski definition) is 7. The molecule has 1 aromatic rings. The molecular weight excluding hydrogens is 428 g/mol. The first kappa shape index (κ1) is 19.9. The van der Waals surface area contributed by atoms with Crippen LogP contribution in [-0.2, 0) is 29.1 Å². The Bertz CT molecular complexity index is 949. The number of methoxy groups -OCH3 is 2. The molecule has 1 aromatic carbocycles. The molecule has 0 unspecified atom stereocenters. The fourth-order valence-corrected chi connectivity index (χ4v) is 4.15. The van der Waals surface area contributed by atoms with Crippen LogP contribution in [0.2, 0.25) is 0 Å². The van der Waals surface area contributed by atoms with Gasteiger partial charge < -0.3 is 14.4 Å². The van der Waals surface area contributed by atoms with Crippen molar-refractivity contribution < 1.29 is 27.5 Å². The van der Waals surface area contributed by atoms with Gasteiger partial charge in [0.15, 0.2) is 0 Å². The van der Waals surface area contributed by atoms with E-state index in [-0.39, 0.29) is 26.3 Å². The lowest BCUT2D eigenvalue weighted by molar-refractivity contribution is -0.139. The minimum Gasteiger partial charge on any atom is -0.465 e. The maximum Gasteiger partial charge on any atom is 0.355 e. The van der Waals surface area contributed by atoms with E-state index in [0.717, 1.165) is 14.2 Å². The van der Waals surface area contributed by atoms with E-state index in [1.807, 2.05) is 0 Å². The van der Waals surface area contributed by atoms with Gasteiger partial charge in [0.25, 0.3) is 0 Å². The summed E-state index contributed by atoms with van der Waals surface area (Å²) in [5.74, 6) is -1.65. The number of primary sulfonamides is 1. The quantitative estimate of drug-likeness (QED) is 0.703. The van der Waals surface area contributed by atoms with Crippen molar-refractivity contribution in [2.75, 3.05) is 19.1 Å². The molecule has 1 heterocycles. The minimum atomic E-state index is -4.16. The highest BCUT2D eigenvalue weighted by Gasteiger charge is 2.31. The van der Waals surface area contributed by atoms with Crippen molar-refractivity contribution in [2.45, 2.75) is 4.90 Å². The number of ether oxygens (including phenoxy) is 2. The van der Waals surface area contributed by atoms with Crippen LogP contribution >= 0.6 is 15.9 Å². The summed E-state index contributed by atoms with van der Waals surface area (Å²) in [4.78, 5) is 25.5. The topological polar surface area (TPSA) is 116 Å². The summed E-state index contributed by atoms with van der Waals surface area (Å²) in [6.07, 6.45) is 5.80. The van der Waals surface area contributed by atoms with Crippen molar-refractivity contribution in [3.8, 4) is 0 Å². The maximum absolute atomic E-state index is 12.4. The third-order valence-corrected chi connectivity index (χ3v) is 5.30. The summed E-state index contributed by atoms with van der Waals surface area (Å²) in [6, 6.07) is 4.50. The second kappa shape index (κ2) is 7.85. The predicted octanol–water partition coefficient (Wildman–Crippen LogP) is 1.59. The Balaban J connectivity index is 2.85. The van der Waals surface area contributed by atoms with E-state index in [4.69, 9.17) is 14.6 Å². The van der Waals surface area contributed by atoms with Gasteiger partial charge in [0, 0.05) is 10.7 Å². The summed E-state index contributed by atoms with van der Waals surface area (Å²) in [5, 5.41) is 5.33. The predicted molar refractivity (Wildman–Crippen MR) is 97.3 cm³/mol. The number of anilines is 1. The molecule has 2 N–H and O–H groups in total. The van der Waals surface area contributed by atoms with Crippen molar-refractivity contribution >= 4 is 43.6 Å². The van der Waals surface area contributed by atoms with Crippen LogP contribution in [0.4, 0.5) is 5.69 Å². The lowest BCUT2D eigenvalue weighted by Crippen LogP contribution is -2.29. The molecule has 0 saturated carbocycles. The van der Waals surface area contributed by atoms with Crippen LogP contribution in [0.5, 0.6) is 0 Å². The van der Waals surface area contributed by atoms with Crippen molar-refractivity contribution in [3.63, 3.8) is 0 Å². The van der Waals surface area contributed by atoms with Gasteiger partial charge in [-0.05, 0) is 40.2 Å². The Hall–Kier alpha value is -2.43. The number of hydrogen-bond donors (Lipinski definition) is 1. The molecular formula is C16H15BrN2O6S. The normalized spacial score (nSPS) is 14.2. The van der Waals surface area contributed by atoms with E-state index < -0.39 is 22.0 Å². The molecule has 138 valence electrons. The molecule has 26 heavy (non-hydrogen) atoms. The average Bonchev–Trinajstić information content (AvgIpc) is 2.81. The van der Waals surface area contributed by atoms with Gasteiger partial charge in [-0.25, -0.2) is 23.1 Å². The lowest BCUT2D eigenvalue weighted by Gasteiger charge is -2.25. The Kier molecular flexibility index (Phi) is 6.01. The molecule has 1 aliphatic rings. The number of nitrogens with two attached hydrogens (primary N) is 1. The molecule has 0 aromatic heterocycles. The van der Waals surface area contributed by atoms with Crippen LogP contribution < -0.4 is 10.0 Å². The van der Waals surface area contributed by atoms with Crippen LogP contribution in [0, 0.1) is 0 Å². The standard InChI is InChI=1S/C16H15BrN2O6S/c1-24-15(20)10-6-3-4-9-19(13(10)16(21)25-2)12-8-5-7-11(17)14(12)26(18,22)23/h3-9H,1-2H3,(H2,18,22,23). The van der Waals surface area contributed by atoms with Crippen molar-refractivity contribution in [1.29, 1.82) is 0 Å². The molecule has 0 amide bonds. The van der Waals surface area contributed by atoms with Gasteiger partial charge >= 0.3 is 11.9 Å². The highest BCUT2D eigenvalue weighted by Crippen LogP contribution is 2.35. The average molecular weight is 443 g/mol. The van der Waals surface area contributed by atoms with E-state index >= 15 is 0 Å². The Morgan fingerprint density at radius 2 is 1.77 bits per heavy atom. The number of carbonyl (C=O) groups is 2. The molecule has 8 nitrogen and oxygen atoms in total. The molecule has 0 saturated heterocycles. The van der Waals surface area contributed by atoms with Gasteiger partial charge in [-0.2, -0.15) is 0 Å². The molecule has 1 aliphatic heterocycles. The third kappa shape index (κ3) is 3.87. The van der Waals surface area contributed by atoms with Crippen LogP contribution in [0.15, 0.2) is 63.3 Å². The molecule has 0 spiro atoms. The van der Waals surface area contributed by atoms with Gasteiger partial charge in [0.2, 0.25) is 10.0 Å². The number of nitrogens with zero attached hydrogens (tertiary/aromatic N) is 1. The summed E-state index contributed by atoms with van der Waals surface area (Å²) >= 11 is 3.15. The summed E-state index contributed by atoms with van der Waals surface area (Å²) in [7, 11) is -1.85. The van der Waals surface area contributed by atoms with Crippen LogP contribution in [0.25, 0.3) is 0 Å². The van der Waals surface area contributed by atoms with Gasteiger partial charge in [-0.3, -0.25) is 0 Å². The second-order valence-electron chi connectivity index (χ2n) is 4.95. The molecule has 0 bridgehead atoms. The smallest absolute Gasteiger partial charge is 0.355 e. The van der Waals surface area contributed by atoms with Crippen molar-refractivity contribution in [2.24, 2.45) is 5.14 Å². The monoisotopic (exact) mass is 442 g/mol. The van der Waals surface area contributed by atoms with E-state index in [2.05, 4.69) is 15.9 Å². The maximum atomic E-state index is 12.4. The molecule has 0 radical (unpaired) electrons. The lowest BCUT2D eigenvalue weighted by atomic mass is 10.1. The zero-order chi connectivity index (χ0) is 19.5. The summed E-state index contributed by atoms with van der Waals surface area (Å²) < 4.78 is 33.8. The van der Waals surface area contributed by atoms with Crippen molar-refractivity contribution in [3.05, 3.63) is 58.4 Å². The number of halogens is 1. The minimum absolute atomic E-state index is 0.0589. The SMILES string of the molecule is COC(=O)C1=C(C(=O)OC)N(c2cccc(Br)c2S(N)(=O)=O)C=CC=C1. The van der Waals surface area contributed by atoms with Crippen LogP contribution in [0.1, 0.15) is 0 Å². The van der Waals surface area contributed by atoms with E-state index in [9.17, 15) is 18.0 Å². The van der Waals surface area contributed by atoms with E-state index in [1.165, 1.54) is 41.5 Å². The van der Waals surface area contributed by atoms with Crippen LogP contribution in [-0.4, -0.2) is 34.6 Å². The highest BCUT2D eigenvalue weighted by atomic mass is 79.9. The van der Waals surface area contributed by atoms with Gasteiger partial charge in [-0.1, -0.05) is 12.1 Å². The number of esters is 2. The fraction of sp³-hybridized carbons (Fsp3) is 0.125. The summed E-state index contributed by atoms with van der Waals surface area (Å²) in [6.45, 7) is 0. The molecule has 0 atom stereocenters. The first-order chi connectivity index (χ1) is 12.2. The van der Waals surface area contributed by atoms with Gasteiger partial charge in [-0.15, -0.1) is 0 Å². The van der Waals surface area contributed by atoms with E-state index in [1.54, 1.807) is 6.07 Å². The van der Waals surface area contributed by atoms with Gasteiger partial charge in [0.1, 0.15) is 10.6 Å². The fourth-order valence-electron chi connectivity index (χ4n) is 2.32. The third-order valence-electron chi connectivity index (χ3n) is 3.38. The number of sulfonamides is 1. The number of allylic oxidation sites excluding steroid dienone is 2. The Morgan fingerprint density at radius 3 is 2.35 bits per heavy atom. The molecule has 10 heteroatoms. The number of benzene rings is 1. The van der Waals surface area contributed by atoms with E-state index in [0.29, 0.717) is 0 Å². The molecule has 0 fully saturated rings. The molecule has 2 rings (SSSR count). The number of rotatable bonds is 4. The van der Waals surface area contributed by atoms with Gasteiger partial charge in [0.05, 0.1) is 25.5 Å². The first-order valence-electron chi connectivity index (χ1n) is 7.08. The summed E-state index contributed by atoms with van der Waals surface area (Å²) in [5.41, 5.74) is -0.263. The Morgan fingerprint density at radius 1 is 1.12 bits per heavy atom. The molecule has 0 aliphatic carbocycles. The highest BCUT2D eigenvalue weighted by molar-refractivity contribution is 9.10.